The van der Waals surface area contributed by atoms with E-state index in [4.69, 9.17) is 4.42 Å². The van der Waals surface area contributed by atoms with E-state index in [0.29, 0.717) is 18.2 Å². The maximum atomic E-state index is 12.2. The minimum absolute atomic E-state index is 0.204. The van der Waals surface area contributed by atoms with Gasteiger partial charge in [0.2, 0.25) is 5.71 Å². The van der Waals surface area contributed by atoms with Crippen molar-refractivity contribution in [1.82, 2.24) is 14.9 Å². The summed E-state index contributed by atoms with van der Waals surface area (Å²) in [4.78, 5) is 28.3. The number of hydrogen-bond donors (Lipinski definition) is 1. The van der Waals surface area contributed by atoms with Crippen molar-refractivity contribution >= 4 is 17.0 Å². The van der Waals surface area contributed by atoms with Gasteiger partial charge in [-0.1, -0.05) is 13.8 Å². The zero-order chi connectivity index (χ0) is 14.2. The molecule has 0 fully saturated rings. The summed E-state index contributed by atoms with van der Waals surface area (Å²) in [6, 6.07) is 0. The molecule has 0 radical (unpaired) electrons. The van der Waals surface area contributed by atoms with Crippen LogP contribution >= 0.6 is 0 Å². The first-order chi connectivity index (χ1) is 8.91. The lowest BCUT2D eigenvalue weighted by atomic mass is 10.1. The van der Waals surface area contributed by atoms with Crippen molar-refractivity contribution in [2.75, 3.05) is 6.54 Å². The topological polar surface area (TPSA) is 77.1 Å². The number of amides is 1. The summed E-state index contributed by atoms with van der Waals surface area (Å²) >= 11 is 0. The predicted octanol–water partition coefficient (Wildman–Crippen LogP) is 1.22. The number of fused-ring (bicyclic) bond motifs is 1. The Balaban J connectivity index is 2.53. The van der Waals surface area contributed by atoms with Crippen LogP contribution in [0.2, 0.25) is 0 Å². The first-order valence-corrected chi connectivity index (χ1v) is 6.14. The molecular weight excluding hydrogens is 246 g/mol. The number of aromatic nitrogens is 2. The zero-order valence-electron chi connectivity index (χ0n) is 11.5. The van der Waals surface area contributed by atoms with Crippen LogP contribution in [0.3, 0.4) is 0 Å². The Labute approximate surface area is 110 Å². The highest BCUT2D eigenvalue weighted by molar-refractivity contribution is 6.06. The Bertz CT molecular complexity index is 682. The van der Waals surface area contributed by atoms with Crippen LogP contribution in [0.5, 0.6) is 0 Å². The van der Waals surface area contributed by atoms with E-state index >= 15 is 0 Å². The molecule has 0 saturated heterocycles. The number of rotatable bonds is 3. The molecule has 0 atom stereocenters. The molecule has 6 heteroatoms. The molecule has 0 aliphatic heterocycles. The molecule has 2 rings (SSSR count). The van der Waals surface area contributed by atoms with E-state index in [1.54, 1.807) is 14.0 Å². The van der Waals surface area contributed by atoms with Crippen LogP contribution in [0.4, 0.5) is 0 Å². The van der Waals surface area contributed by atoms with E-state index in [2.05, 4.69) is 10.3 Å². The number of nitrogens with zero attached hydrogens (tertiary/aromatic N) is 2. The van der Waals surface area contributed by atoms with Crippen LogP contribution < -0.4 is 10.9 Å². The van der Waals surface area contributed by atoms with Crippen molar-refractivity contribution in [3.63, 3.8) is 0 Å². The van der Waals surface area contributed by atoms with E-state index in [-0.39, 0.29) is 28.1 Å². The smallest absolute Gasteiger partial charge is 0.265 e. The van der Waals surface area contributed by atoms with Crippen molar-refractivity contribution in [3.8, 4) is 0 Å². The van der Waals surface area contributed by atoms with E-state index in [0.717, 1.165) is 0 Å². The number of carbonyl (C=O) groups excluding carboxylic acids is 1. The summed E-state index contributed by atoms with van der Waals surface area (Å²) in [7, 11) is 1.59. The molecule has 0 saturated carbocycles. The van der Waals surface area contributed by atoms with E-state index in [1.165, 1.54) is 10.9 Å². The molecule has 0 aliphatic rings. The van der Waals surface area contributed by atoms with Gasteiger partial charge in [-0.3, -0.25) is 9.59 Å². The van der Waals surface area contributed by atoms with Crippen molar-refractivity contribution in [1.29, 1.82) is 0 Å². The van der Waals surface area contributed by atoms with Crippen LogP contribution in [0.1, 0.15) is 30.0 Å². The molecule has 0 unspecified atom stereocenters. The normalized spacial score (nSPS) is 11.2. The van der Waals surface area contributed by atoms with Gasteiger partial charge in [0.1, 0.15) is 17.5 Å². The molecule has 0 aliphatic carbocycles. The third-order valence-corrected chi connectivity index (χ3v) is 2.85. The van der Waals surface area contributed by atoms with Gasteiger partial charge in [0.05, 0.1) is 5.56 Å². The van der Waals surface area contributed by atoms with Crippen LogP contribution in [0.15, 0.2) is 15.5 Å². The summed E-state index contributed by atoms with van der Waals surface area (Å²) in [5.41, 5.74) is 0.205. The van der Waals surface area contributed by atoms with Gasteiger partial charge in [-0.15, -0.1) is 0 Å². The van der Waals surface area contributed by atoms with Gasteiger partial charge in [-0.25, -0.2) is 4.98 Å². The largest absolute Gasteiger partial charge is 0.442 e. The van der Waals surface area contributed by atoms with Gasteiger partial charge in [0, 0.05) is 13.6 Å². The Kier molecular flexibility index (Phi) is 3.42. The molecule has 1 amide bonds. The molecule has 19 heavy (non-hydrogen) atoms. The van der Waals surface area contributed by atoms with Gasteiger partial charge < -0.3 is 14.3 Å². The molecular formula is C13H17N3O3. The van der Waals surface area contributed by atoms with Crippen molar-refractivity contribution < 1.29 is 9.21 Å². The second kappa shape index (κ2) is 4.87. The first-order valence-electron chi connectivity index (χ1n) is 6.14. The Morgan fingerprint density at radius 3 is 2.84 bits per heavy atom. The summed E-state index contributed by atoms with van der Waals surface area (Å²) in [6.07, 6.45) is 1.38. The summed E-state index contributed by atoms with van der Waals surface area (Å²) in [6.45, 7) is 6.21. The number of carbonyl (C=O) groups is 1. The van der Waals surface area contributed by atoms with Gasteiger partial charge in [-0.05, 0) is 12.8 Å². The lowest BCUT2D eigenvalue weighted by Crippen LogP contribution is -2.29. The molecule has 0 spiro atoms. The summed E-state index contributed by atoms with van der Waals surface area (Å²) in [5, 5.41) is 3.03. The van der Waals surface area contributed by atoms with E-state index in [1.807, 2.05) is 13.8 Å². The van der Waals surface area contributed by atoms with E-state index in [9.17, 15) is 9.59 Å². The van der Waals surface area contributed by atoms with Crippen LogP contribution in [-0.4, -0.2) is 22.0 Å². The van der Waals surface area contributed by atoms with Crippen LogP contribution in [0.25, 0.3) is 11.1 Å². The molecule has 2 aromatic rings. The molecule has 0 aromatic carbocycles. The van der Waals surface area contributed by atoms with Gasteiger partial charge in [0.25, 0.3) is 11.5 Å². The molecule has 2 aromatic heterocycles. The predicted molar refractivity (Wildman–Crippen MR) is 71.2 cm³/mol. The zero-order valence-corrected chi connectivity index (χ0v) is 11.5. The number of aryl methyl sites for hydroxylation is 2. The minimum Gasteiger partial charge on any atom is -0.442 e. The third-order valence-electron chi connectivity index (χ3n) is 2.85. The summed E-state index contributed by atoms with van der Waals surface area (Å²) < 4.78 is 6.71. The lowest BCUT2D eigenvalue weighted by molar-refractivity contribution is 0.0949. The Morgan fingerprint density at radius 1 is 1.53 bits per heavy atom. The fourth-order valence-corrected chi connectivity index (χ4v) is 1.85. The average Bonchev–Trinajstić information content (AvgIpc) is 2.68. The number of nitrogens with one attached hydrogen (secondary N) is 1. The average molecular weight is 263 g/mol. The van der Waals surface area contributed by atoms with Crippen LogP contribution in [0, 0.1) is 12.8 Å². The highest BCUT2D eigenvalue weighted by Gasteiger charge is 2.22. The highest BCUT2D eigenvalue weighted by Crippen LogP contribution is 2.20. The second-order valence-electron chi connectivity index (χ2n) is 4.98. The van der Waals surface area contributed by atoms with Crippen LogP contribution in [-0.2, 0) is 7.05 Å². The maximum absolute atomic E-state index is 12.2. The monoisotopic (exact) mass is 263 g/mol. The van der Waals surface area contributed by atoms with Crippen molar-refractivity contribution in [2.45, 2.75) is 20.8 Å². The molecule has 0 bridgehead atoms. The first kappa shape index (κ1) is 13.3. The van der Waals surface area contributed by atoms with Crippen molar-refractivity contribution in [2.24, 2.45) is 13.0 Å². The molecule has 102 valence electrons. The minimum atomic E-state index is -0.296. The fourth-order valence-electron chi connectivity index (χ4n) is 1.85. The van der Waals surface area contributed by atoms with E-state index < -0.39 is 0 Å². The van der Waals surface area contributed by atoms with Gasteiger partial charge in [0.15, 0.2) is 0 Å². The second-order valence-corrected chi connectivity index (χ2v) is 4.98. The maximum Gasteiger partial charge on any atom is 0.265 e. The van der Waals surface area contributed by atoms with Crippen molar-refractivity contribution in [3.05, 3.63) is 28.0 Å². The Hall–Kier alpha value is -2.11. The third kappa shape index (κ3) is 2.38. The number of furan rings is 1. The summed E-state index contributed by atoms with van der Waals surface area (Å²) in [5.74, 6) is 0.450. The lowest BCUT2D eigenvalue weighted by Gasteiger charge is -2.06. The quantitative estimate of drug-likeness (QED) is 0.903. The SMILES string of the molecule is Cc1oc2ncn(C)c(=O)c2c1C(=O)NCC(C)C. The molecule has 1 N–H and O–H groups in total. The molecule has 2 heterocycles. The fraction of sp³-hybridized carbons (Fsp3) is 0.462. The van der Waals surface area contributed by atoms with Gasteiger partial charge in [-0.2, -0.15) is 0 Å². The number of hydrogen-bond acceptors (Lipinski definition) is 4. The highest BCUT2D eigenvalue weighted by atomic mass is 16.3. The standard InChI is InChI=1S/C13H17N3O3/c1-7(2)5-14-11(17)9-8(3)19-12-10(9)13(18)16(4)6-15-12/h6-7H,5H2,1-4H3,(H,14,17). The molecule has 6 nitrogen and oxygen atoms in total. The Morgan fingerprint density at radius 2 is 2.21 bits per heavy atom. The van der Waals surface area contributed by atoms with Gasteiger partial charge >= 0.3 is 0 Å².